The minimum atomic E-state index is 0.174. The van der Waals surface area contributed by atoms with Gasteiger partial charge in [-0.2, -0.15) is 0 Å². The van der Waals surface area contributed by atoms with E-state index in [0.29, 0.717) is 6.54 Å². The zero-order valence-electron chi connectivity index (χ0n) is 7.83. The highest BCUT2D eigenvalue weighted by Gasteiger charge is 1.98. The van der Waals surface area contributed by atoms with E-state index in [2.05, 4.69) is 12.2 Å². The normalized spacial score (nSPS) is 13.9. The summed E-state index contributed by atoms with van der Waals surface area (Å²) in [6, 6.07) is 0. The Morgan fingerprint density at radius 3 is 2.58 bits per heavy atom. The van der Waals surface area contributed by atoms with Crippen molar-refractivity contribution < 1.29 is 4.74 Å². The van der Waals surface area contributed by atoms with Crippen LogP contribution in [0.1, 0.15) is 19.3 Å². The molecule has 0 fully saturated rings. The van der Waals surface area contributed by atoms with Gasteiger partial charge < -0.3 is 16.2 Å². The number of ether oxygens (including phenoxy) is 1. The lowest BCUT2D eigenvalue weighted by atomic mass is 10.2. The van der Waals surface area contributed by atoms with Crippen molar-refractivity contribution in [2.24, 2.45) is 11.5 Å². The molecular formula is C9H20N2O. The molecule has 0 saturated heterocycles. The first-order chi connectivity index (χ1) is 5.85. The van der Waals surface area contributed by atoms with Gasteiger partial charge in [0.25, 0.3) is 0 Å². The quantitative estimate of drug-likeness (QED) is 0.438. The summed E-state index contributed by atoms with van der Waals surface area (Å²) in [5.74, 6) is 0. The summed E-state index contributed by atoms with van der Waals surface area (Å²) in [6.45, 7) is 1.42. The Labute approximate surface area is 74.8 Å². The van der Waals surface area contributed by atoms with E-state index in [-0.39, 0.29) is 6.10 Å². The molecule has 0 rings (SSSR count). The van der Waals surface area contributed by atoms with Crippen LogP contribution < -0.4 is 11.5 Å². The molecule has 0 aliphatic carbocycles. The topological polar surface area (TPSA) is 61.3 Å². The Balaban J connectivity index is 3.46. The van der Waals surface area contributed by atoms with Crippen LogP contribution in [0.4, 0.5) is 0 Å². The van der Waals surface area contributed by atoms with E-state index >= 15 is 0 Å². The van der Waals surface area contributed by atoms with Crippen LogP contribution in [-0.2, 0) is 4.74 Å². The largest absolute Gasteiger partial charge is 0.377 e. The van der Waals surface area contributed by atoms with E-state index in [4.69, 9.17) is 16.2 Å². The molecule has 0 aromatic carbocycles. The van der Waals surface area contributed by atoms with Gasteiger partial charge in [0.2, 0.25) is 0 Å². The van der Waals surface area contributed by atoms with Crippen molar-refractivity contribution in [3.8, 4) is 0 Å². The summed E-state index contributed by atoms with van der Waals surface area (Å²) in [5, 5.41) is 0. The minimum absolute atomic E-state index is 0.174. The van der Waals surface area contributed by atoms with Crippen LogP contribution in [0.5, 0.6) is 0 Å². The van der Waals surface area contributed by atoms with Crippen LogP contribution in [0, 0.1) is 0 Å². The Hall–Kier alpha value is -0.380. The maximum absolute atomic E-state index is 5.40. The van der Waals surface area contributed by atoms with Crippen LogP contribution in [0.3, 0.4) is 0 Å². The zero-order chi connectivity index (χ0) is 9.23. The van der Waals surface area contributed by atoms with Gasteiger partial charge in [0.15, 0.2) is 0 Å². The van der Waals surface area contributed by atoms with Crippen molar-refractivity contribution in [1.82, 2.24) is 0 Å². The summed E-state index contributed by atoms with van der Waals surface area (Å²) >= 11 is 0. The molecule has 3 heteroatoms. The Bertz CT molecular complexity index is 115. The molecule has 0 spiro atoms. The van der Waals surface area contributed by atoms with Crippen molar-refractivity contribution in [3.63, 3.8) is 0 Å². The number of allylic oxidation sites excluding steroid dienone is 1. The number of hydrogen-bond acceptors (Lipinski definition) is 3. The molecular weight excluding hydrogens is 152 g/mol. The van der Waals surface area contributed by atoms with E-state index in [1.165, 1.54) is 0 Å². The van der Waals surface area contributed by atoms with Gasteiger partial charge in [-0.1, -0.05) is 12.2 Å². The highest BCUT2D eigenvalue weighted by atomic mass is 16.5. The van der Waals surface area contributed by atoms with E-state index in [9.17, 15) is 0 Å². The van der Waals surface area contributed by atoms with Gasteiger partial charge >= 0.3 is 0 Å². The van der Waals surface area contributed by atoms with Crippen LogP contribution in [0.15, 0.2) is 12.2 Å². The summed E-state index contributed by atoms with van der Waals surface area (Å²) in [4.78, 5) is 0. The van der Waals surface area contributed by atoms with Crippen LogP contribution in [0.25, 0.3) is 0 Å². The molecule has 0 saturated carbocycles. The maximum Gasteiger partial charge on any atom is 0.0764 e. The number of methoxy groups -OCH3 is 1. The molecule has 1 atom stereocenters. The Morgan fingerprint density at radius 2 is 2.08 bits per heavy atom. The van der Waals surface area contributed by atoms with E-state index in [0.717, 1.165) is 25.8 Å². The summed E-state index contributed by atoms with van der Waals surface area (Å²) in [6.07, 6.45) is 7.29. The molecule has 1 unspecified atom stereocenters. The predicted octanol–water partition coefficient (Wildman–Crippen LogP) is 0.645. The minimum Gasteiger partial charge on any atom is -0.377 e. The zero-order valence-corrected chi connectivity index (χ0v) is 7.83. The third-order valence-electron chi connectivity index (χ3n) is 1.68. The fourth-order valence-corrected chi connectivity index (χ4v) is 0.941. The number of nitrogens with two attached hydrogens (primary N) is 2. The standard InChI is InChI=1S/C9H20N2O/c1-12-9(6-8-11)5-3-2-4-7-10/h3,5,9H,2,4,6-8,10-11H2,1H3/b5-3-. The molecule has 0 amide bonds. The third-order valence-corrected chi connectivity index (χ3v) is 1.68. The average Bonchev–Trinajstić information content (AvgIpc) is 2.10. The molecule has 0 aliphatic heterocycles. The predicted molar refractivity (Wildman–Crippen MR) is 51.9 cm³/mol. The second-order valence-electron chi connectivity index (χ2n) is 2.71. The number of rotatable bonds is 7. The lowest BCUT2D eigenvalue weighted by molar-refractivity contribution is 0.135. The van der Waals surface area contributed by atoms with Crippen LogP contribution in [-0.4, -0.2) is 26.3 Å². The Kier molecular flexibility index (Phi) is 8.44. The van der Waals surface area contributed by atoms with Crippen LogP contribution in [0.2, 0.25) is 0 Å². The van der Waals surface area contributed by atoms with Gasteiger partial charge in [0.05, 0.1) is 6.10 Å². The first kappa shape index (κ1) is 11.6. The molecule has 0 radical (unpaired) electrons. The maximum atomic E-state index is 5.40. The van der Waals surface area contributed by atoms with Crippen molar-refractivity contribution >= 4 is 0 Å². The smallest absolute Gasteiger partial charge is 0.0764 e. The van der Waals surface area contributed by atoms with Gasteiger partial charge in [-0.05, 0) is 32.4 Å². The lowest BCUT2D eigenvalue weighted by Crippen LogP contribution is -2.13. The third kappa shape index (κ3) is 6.34. The van der Waals surface area contributed by atoms with Crippen LogP contribution >= 0.6 is 0 Å². The molecule has 72 valence electrons. The fraction of sp³-hybridized carbons (Fsp3) is 0.778. The van der Waals surface area contributed by atoms with Crippen molar-refractivity contribution in [2.45, 2.75) is 25.4 Å². The van der Waals surface area contributed by atoms with Gasteiger partial charge in [-0.15, -0.1) is 0 Å². The number of unbranched alkanes of at least 4 members (excludes halogenated alkanes) is 1. The second kappa shape index (κ2) is 8.71. The number of hydrogen-bond donors (Lipinski definition) is 2. The van der Waals surface area contributed by atoms with Gasteiger partial charge in [-0.25, -0.2) is 0 Å². The van der Waals surface area contributed by atoms with E-state index < -0.39 is 0 Å². The van der Waals surface area contributed by atoms with Gasteiger partial charge in [-0.3, -0.25) is 0 Å². The molecule has 0 aromatic heterocycles. The molecule has 0 heterocycles. The van der Waals surface area contributed by atoms with E-state index in [1.54, 1.807) is 7.11 Å². The van der Waals surface area contributed by atoms with Gasteiger partial charge in [0, 0.05) is 7.11 Å². The molecule has 0 aliphatic rings. The molecule has 4 N–H and O–H groups in total. The fourth-order valence-electron chi connectivity index (χ4n) is 0.941. The Morgan fingerprint density at radius 1 is 1.33 bits per heavy atom. The summed E-state index contributed by atoms with van der Waals surface area (Å²) < 4.78 is 5.17. The highest BCUT2D eigenvalue weighted by Crippen LogP contribution is 1.99. The molecule has 0 aromatic rings. The monoisotopic (exact) mass is 172 g/mol. The lowest BCUT2D eigenvalue weighted by Gasteiger charge is -2.08. The SMILES string of the molecule is COC(/C=C\CCCN)CCN. The summed E-state index contributed by atoms with van der Waals surface area (Å²) in [7, 11) is 1.70. The molecule has 0 bridgehead atoms. The van der Waals surface area contributed by atoms with Crippen molar-refractivity contribution in [1.29, 1.82) is 0 Å². The van der Waals surface area contributed by atoms with Gasteiger partial charge in [0.1, 0.15) is 0 Å². The van der Waals surface area contributed by atoms with Crippen molar-refractivity contribution in [2.75, 3.05) is 20.2 Å². The first-order valence-corrected chi connectivity index (χ1v) is 4.44. The average molecular weight is 172 g/mol. The summed E-state index contributed by atoms with van der Waals surface area (Å²) in [5.41, 5.74) is 10.8. The first-order valence-electron chi connectivity index (χ1n) is 4.44. The highest BCUT2D eigenvalue weighted by molar-refractivity contribution is 4.89. The molecule has 3 nitrogen and oxygen atoms in total. The van der Waals surface area contributed by atoms with Crippen molar-refractivity contribution in [3.05, 3.63) is 12.2 Å². The second-order valence-corrected chi connectivity index (χ2v) is 2.71. The molecule has 12 heavy (non-hydrogen) atoms. The van der Waals surface area contributed by atoms with E-state index in [1.807, 2.05) is 0 Å².